The van der Waals surface area contributed by atoms with Gasteiger partial charge in [0.2, 0.25) is 5.91 Å². The van der Waals surface area contributed by atoms with Crippen LogP contribution in [-0.2, 0) is 9.45 Å². The molecule has 0 aromatic carbocycles. The second kappa shape index (κ2) is 14.7. The molecule has 1 fully saturated rings. The topological polar surface area (TPSA) is 41.6 Å². The van der Waals surface area contributed by atoms with E-state index in [1.807, 2.05) is 69.9 Å². The lowest BCUT2D eigenvalue weighted by atomic mass is 9.78. The van der Waals surface area contributed by atoms with Crippen LogP contribution in [0.2, 0.25) is 6.32 Å². The molecule has 33 heavy (non-hydrogen) atoms. The molecule has 1 amide bonds. The van der Waals surface area contributed by atoms with E-state index in [-0.39, 0.29) is 21.8 Å². The van der Waals surface area contributed by atoms with Gasteiger partial charge in [0.1, 0.15) is 5.54 Å². The zero-order valence-electron chi connectivity index (χ0n) is 24.3. The van der Waals surface area contributed by atoms with Gasteiger partial charge in [0, 0.05) is 23.0 Å². The van der Waals surface area contributed by atoms with E-state index < -0.39 is 5.54 Å². The number of nitrogens with one attached hydrogen (secondary N) is 1. The minimum Gasteiger partial charge on any atom is -0.434 e. The normalized spacial score (nSPS) is 20.6. The highest BCUT2D eigenvalue weighted by Gasteiger charge is 2.52. The molecule has 1 N–H and O–H groups in total. The summed E-state index contributed by atoms with van der Waals surface area (Å²) in [6.45, 7) is 28.5. The molecule has 1 rings (SSSR count). The van der Waals surface area contributed by atoms with Crippen LogP contribution in [0.5, 0.6) is 0 Å². The summed E-state index contributed by atoms with van der Waals surface area (Å²) in [7, 11) is 3.95. The van der Waals surface area contributed by atoms with E-state index in [2.05, 4.69) is 57.1 Å². The summed E-state index contributed by atoms with van der Waals surface area (Å²) in [5, 5.41) is 3.24. The maximum atomic E-state index is 13.4. The van der Waals surface area contributed by atoms with Crippen LogP contribution in [0, 0.1) is 5.92 Å². The highest BCUT2D eigenvalue weighted by atomic mass is 32.1. The van der Waals surface area contributed by atoms with E-state index in [1.54, 1.807) is 0 Å². The van der Waals surface area contributed by atoms with Crippen molar-refractivity contribution in [3.8, 4) is 0 Å². The number of thiol groups is 1. The highest BCUT2D eigenvalue weighted by molar-refractivity contribution is 7.81. The standard InChI is InChI=1S/C23H44BN2O2S.2C2H6/c1-17(2)26(10)23(19(27)25-20(3,4)5)15-11-13-18(23)14-12-16-24-28-21(6,7)22(8,9)29;2*1-2/h18,29H,1,11-16H2,2-10H3,(H,25,27);2*1-2H3. The van der Waals surface area contributed by atoms with Gasteiger partial charge in [0.05, 0.1) is 5.60 Å². The Kier molecular flexibility index (Phi) is 15.4. The van der Waals surface area contributed by atoms with Crippen LogP contribution in [0.4, 0.5) is 0 Å². The van der Waals surface area contributed by atoms with Gasteiger partial charge in [-0.2, -0.15) is 12.6 Å². The lowest BCUT2D eigenvalue weighted by Crippen LogP contribution is -2.61. The molecule has 1 aliphatic carbocycles. The van der Waals surface area contributed by atoms with Gasteiger partial charge in [-0.05, 0) is 80.6 Å². The van der Waals surface area contributed by atoms with Crippen LogP contribution < -0.4 is 5.32 Å². The second-order valence-corrected chi connectivity index (χ2v) is 11.9. The fourth-order valence-corrected chi connectivity index (χ4v) is 4.04. The molecule has 195 valence electrons. The summed E-state index contributed by atoms with van der Waals surface area (Å²) >= 11 is 4.65. The average Bonchev–Trinajstić information content (AvgIpc) is 3.12. The second-order valence-electron chi connectivity index (χ2n) is 10.8. The van der Waals surface area contributed by atoms with Gasteiger partial charge >= 0.3 is 0 Å². The van der Waals surface area contributed by atoms with Crippen LogP contribution >= 0.6 is 12.6 Å². The highest BCUT2D eigenvalue weighted by Crippen LogP contribution is 2.44. The summed E-state index contributed by atoms with van der Waals surface area (Å²) in [6.07, 6.45) is 5.90. The van der Waals surface area contributed by atoms with E-state index in [0.29, 0.717) is 5.92 Å². The molecule has 6 heteroatoms. The van der Waals surface area contributed by atoms with Crippen molar-refractivity contribution in [2.24, 2.45) is 5.92 Å². The first-order valence-electron chi connectivity index (χ1n) is 13.0. The molecule has 0 aliphatic heterocycles. The molecule has 2 atom stereocenters. The first-order valence-corrected chi connectivity index (χ1v) is 13.4. The molecule has 0 heterocycles. The van der Waals surface area contributed by atoms with Gasteiger partial charge in [-0.3, -0.25) is 4.79 Å². The minimum atomic E-state index is -0.508. The third kappa shape index (κ3) is 10.3. The lowest BCUT2D eigenvalue weighted by molar-refractivity contribution is -0.135. The van der Waals surface area contributed by atoms with Crippen molar-refractivity contribution < 1.29 is 9.45 Å². The van der Waals surface area contributed by atoms with Gasteiger partial charge in [-0.1, -0.05) is 53.4 Å². The van der Waals surface area contributed by atoms with Gasteiger partial charge < -0.3 is 14.9 Å². The van der Waals surface area contributed by atoms with Crippen LogP contribution in [0.15, 0.2) is 12.3 Å². The fraction of sp³-hybridized carbons (Fsp3) is 0.889. The smallest absolute Gasteiger partial charge is 0.293 e. The van der Waals surface area contributed by atoms with Crippen LogP contribution in [0.1, 0.15) is 115 Å². The molecular formula is C27H56BN2O2S. The summed E-state index contributed by atoms with van der Waals surface area (Å²) in [5.41, 5.74) is -0.152. The van der Waals surface area contributed by atoms with E-state index in [4.69, 9.17) is 4.65 Å². The van der Waals surface area contributed by atoms with Crippen LogP contribution in [0.3, 0.4) is 0 Å². The van der Waals surface area contributed by atoms with Crippen molar-refractivity contribution in [1.29, 1.82) is 0 Å². The summed E-state index contributed by atoms with van der Waals surface area (Å²) in [4.78, 5) is 15.6. The van der Waals surface area contributed by atoms with Crippen molar-refractivity contribution in [3.05, 3.63) is 12.3 Å². The molecule has 0 saturated heterocycles. The largest absolute Gasteiger partial charge is 0.434 e. The maximum Gasteiger partial charge on any atom is 0.293 e. The minimum absolute atomic E-state index is 0.135. The molecule has 0 bridgehead atoms. The van der Waals surface area contributed by atoms with E-state index in [1.165, 1.54) is 0 Å². The number of nitrogens with zero attached hydrogens (tertiary/aromatic N) is 1. The van der Waals surface area contributed by atoms with E-state index in [9.17, 15) is 4.79 Å². The number of carbonyl (C=O) groups excluding carboxylic acids is 1. The number of allylic oxidation sites excluding steroid dienone is 1. The van der Waals surface area contributed by atoms with E-state index >= 15 is 0 Å². The van der Waals surface area contributed by atoms with Crippen LogP contribution in [-0.4, -0.2) is 46.8 Å². The molecule has 1 aliphatic rings. The Hall–Kier alpha value is -0.615. The van der Waals surface area contributed by atoms with Gasteiger partial charge in [0.25, 0.3) is 7.48 Å². The number of hydrogen-bond acceptors (Lipinski definition) is 4. The predicted octanol–water partition coefficient (Wildman–Crippen LogP) is 7.28. The predicted molar refractivity (Wildman–Crippen MR) is 151 cm³/mol. The molecule has 0 aromatic rings. The van der Waals surface area contributed by atoms with Crippen molar-refractivity contribution in [1.82, 2.24) is 10.2 Å². The maximum absolute atomic E-state index is 13.4. The molecule has 0 spiro atoms. The van der Waals surface area contributed by atoms with Gasteiger partial charge in [-0.15, -0.1) is 0 Å². The SMILES string of the molecule is C=C(C)N(C)C1(C(=O)NC(C)(C)C)CCCC1CCC[B]OC(C)(C)C(C)(C)S.CC.CC. The van der Waals surface area contributed by atoms with Crippen molar-refractivity contribution in [2.45, 2.75) is 143 Å². The molecule has 1 radical (unpaired) electrons. The Bertz CT molecular complexity index is 582. The third-order valence-electron chi connectivity index (χ3n) is 6.56. The Labute approximate surface area is 213 Å². The molecule has 4 nitrogen and oxygen atoms in total. The molecule has 1 saturated carbocycles. The Morgan fingerprint density at radius 3 is 2.09 bits per heavy atom. The zero-order valence-corrected chi connectivity index (χ0v) is 25.2. The summed E-state index contributed by atoms with van der Waals surface area (Å²) in [6, 6.07) is 0. The van der Waals surface area contributed by atoms with Crippen molar-refractivity contribution in [2.75, 3.05) is 7.05 Å². The monoisotopic (exact) mass is 483 g/mol. The Morgan fingerprint density at radius 1 is 1.15 bits per heavy atom. The average molecular weight is 484 g/mol. The first-order chi connectivity index (χ1) is 15.0. The lowest BCUT2D eigenvalue weighted by Gasteiger charge is -2.45. The third-order valence-corrected chi connectivity index (χ3v) is 7.10. The number of amides is 1. The quantitative estimate of drug-likeness (QED) is 0.195. The first kappa shape index (κ1) is 34.6. The number of rotatable bonds is 10. The Balaban J connectivity index is 0. The molecule has 2 unspecified atom stereocenters. The summed E-state index contributed by atoms with van der Waals surface area (Å²) in [5.74, 6) is 0.450. The number of hydrogen-bond donors (Lipinski definition) is 2. The number of likely N-dealkylation sites (N-methyl/N-ethyl adjacent to an activating group) is 1. The van der Waals surface area contributed by atoms with Crippen molar-refractivity contribution in [3.63, 3.8) is 0 Å². The van der Waals surface area contributed by atoms with Gasteiger partial charge in [0.15, 0.2) is 0 Å². The summed E-state index contributed by atoms with van der Waals surface area (Å²) < 4.78 is 5.78. The molecular weight excluding hydrogens is 427 g/mol. The number of carbonyl (C=O) groups is 1. The van der Waals surface area contributed by atoms with Crippen molar-refractivity contribution >= 4 is 26.0 Å². The Morgan fingerprint density at radius 2 is 1.67 bits per heavy atom. The van der Waals surface area contributed by atoms with Crippen LogP contribution in [0.25, 0.3) is 0 Å². The van der Waals surface area contributed by atoms with E-state index in [0.717, 1.165) is 44.1 Å². The molecule has 0 aromatic heterocycles. The zero-order chi connectivity index (χ0) is 26.7. The fourth-order valence-electron chi connectivity index (χ4n) is 3.99. The van der Waals surface area contributed by atoms with Gasteiger partial charge in [-0.25, -0.2) is 0 Å².